The normalized spacial score (nSPS) is 11.2. The number of rotatable bonds is 6. The van der Waals surface area contributed by atoms with E-state index in [0.717, 1.165) is 15.4 Å². The third-order valence-electron chi connectivity index (χ3n) is 4.43. The molecular formula is C22H19N5O3S2. The summed E-state index contributed by atoms with van der Waals surface area (Å²) >= 11 is 1.44. The van der Waals surface area contributed by atoms with Gasteiger partial charge in [-0.05, 0) is 49.7 Å². The van der Waals surface area contributed by atoms with Crippen LogP contribution in [0.2, 0.25) is 0 Å². The molecule has 32 heavy (non-hydrogen) atoms. The Labute approximate surface area is 189 Å². The van der Waals surface area contributed by atoms with Crippen LogP contribution in [0.3, 0.4) is 0 Å². The van der Waals surface area contributed by atoms with Crippen LogP contribution in [0, 0.1) is 13.8 Å². The number of benzene rings is 2. The van der Waals surface area contributed by atoms with Gasteiger partial charge in [-0.15, -0.1) is 11.3 Å². The second-order valence-electron chi connectivity index (χ2n) is 6.88. The Balaban J connectivity index is 1.52. The average molecular weight is 466 g/mol. The SMILES string of the molecule is Cc1ccnc(NS(=O)(=O)c2ccc(NC(=O)c3nc(C)sc3-c3ccccc3)cc2)n1. The number of carbonyl (C=O) groups excluding carboxylic acids is 1. The van der Waals surface area contributed by atoms with E-state index in [2.05, 4.69) is 25.0 Å². The number of thiazole rings is 1. The van der Waals surface area contributed by atoms with E-state index in [4.69, 9.17) is 0 Å². The lowest BCUT2D eigenvalue weighted by Crippen LogP contribution is -2.16. The smallest absolute Gasteiger partial charge is 0.275 e. The first-order valence-electron chi connectivity index (χ1n) is 9.58. The van der Waals surface area contributed by atoms with Crippen LogP contribution in [0.4, 0.5) is 11.6 Å². The monoisotopic (exact) mass is 465 g/mol. The van der Waals surface area contributed by atoms with Gasteiger partial charge in [-0.3, -0.25) is 4.79 Å². The standard InChI is InChI=1S/C22H19N5O3S2/c1-14-12-13-23-22(24-14)27-32(29,30)18-10-8-17(9-11-18)26-21(28)19-20(31-15(2)25-19)16-6-4-3-5-7-16/h3-13H,1-2H3,(H,26,28)(H,23,24,27). The number of nitrogens with zero attached hydrogens (tertiary/aromatic N) is 3. The highest BCUT2D eigenvalue weighted by atomic mass is 32.2. The van der Waals surface area contributed by atoms with E-state index >= 15 is 0 Å². The molecule has 10 heteroatoms. The van der Waals surface area contributed by atoms with E-state index in [-0.39, 0.29) is 16.8 Å². The minimum atomic E-state index is -3.87. The molecule has 2 heterocycles. The third kappa shape index (κ3) is 4.82. The van der Waals surface area contributed by atoms with Crippen LogP contribution in [-0.4, -0.2) is 29.3 Å². The molecule has 0 saturated heterocycles. The predicted octanol–water partition coefficient (Wildman–Crippen LogP) is 4.27. The first-order valence-corrected chi connectivity index (χ1v) is 11.9. The lowest BCUT2D eigenvalue weighted by atomic mass is 10.1. The Morgan fingerprint density at radius 3 is 2.34 bits per heavy atom. The van der Waals surface area contributed by atoms with Crippen molar-refractivity contribution in [1.29, 1.82) is 0 Å². The van der Waals surface area contributed by atoms with Crippen molar-refractivity contribution >= 4 is 38.9 Å². The Morgan fingerprint density at radius 2 is 1.66 bits per heavy atom. The van der Waals surface area contributed by atoms with Gasteiger partial charge < -0.3 is 5.32 Å². The van der Waals surface area contributed by atoms with Gasteiger partial charge in [-0.2, -0.15) is 0 Å². The highest BCUT2D eigenvalue weighted by Crippen LogP contribution is 2.30. The molecule has 0 atom stereocenters. The first-order chi connectivity index (χ1) is 15.3. The molecule has 1 amide bonds. The van der Waals surface area contributed by atoms with Crippen molar-refractivity contribution in [3.63, 3.8) is 0 Å². The van der Waals surface area contributed by atoms with Gasteiger partial charge >= 0.3 is 0 Å². The molecule has 2 aromatic heterocycles. The fourth-order valence-electron chi connectivity index (χ4n) is 2.95. The van der Waals surface area contributed by atoms with Crippen LogP contribution in [0.5, 0.6) is 0 Å². The van der Waals surface area contributed by atoms with E-state index < -0.39 is 10.0 Å². The number of anilines is 2. The van der Waals surface area contributed by atoms with Crippen molar-refractivity contribution in [1.82, 2.24) is 15.0 Å². The van der Waals surface area contributed by atoms with Gasteiger partial charge in [-0.25, -0.2) is 28.1 Å². The molecule has 0 unspecified atom stereocenters. The second-order valence-corrected chi connectivity index (χ2v) is 9.77. The zero-order chi connectivity index (χ0) is 22.7. The third-order valence-corrected chi connectivity index (χ3v) is 6.79. The van der Waals surface area contributed by atoms with Crippen molar-refractivity contribution in [3.8, 4) is 10.4 Å². The first kappa shape index (κ1) is 21.6. The topological polar surface area (TPSA) is 114 Å². The molecule has 162 valence electrons. The van der Waals surface area contributed by atoms with Gasteiger partial charge in [-0.1, -0.05) is 30.3 Å². The van der Waals surface area contributed by atoms with Gasteiger partial charge in [0.25, 0.3) is 15.9 Å². The summed E-state index contributed by atoms with van der Waals surface area (Å²) < 4.78 is 27.5. The molecule has 0 aliphatic rings. The zero-order valence-corrected chi connectivity index (χ0v) is 18.9. The van der Waals surface area contributed by atoms with Crippen molar-refractivity contribution in [3.05, 3.63) is 83.3 Å². The molecule has 4 aromatic rings. The summed E-state index contributed by atoms with van der Waals surface area (Å²) in [5.41, 5.74) is 2.33. The van der Waals surface area contributed by atoms with Crippen molar-refractivity contribution in [2.75, 3.05) is 10.0 Å². The summed E-state index contributed by atoms with van der Waals surface area (Å²) in [4.78, 5) is 26.0. The molecule has 0 fully saturated rings. The Hall–Kier alpha value is -3.63. The molecule has 0 bridgehead atoms. The number of nitrogens with one attached hydrogen (secondary N) is 2. The fraction of sp³-hybridized carbons (Fsp3) is 0.0909. The maximum absolute atomic E-state index is 12.9. The molecule has 0 saturated carbocycles. The van der Waals surface area contributed by atoms with Gasteiger partial charge in [0.05, 0.1) is 14.8 Å². The van der Waals surface area contributed by atoms with Crippen LogP contribution in [0.15, 0.2) is 71.8 Å². The lowest BCUT2D eigenvalue weighted by molar-refractivity contribution is 0.102. The Bertz CT molecular complexity index is 1370. The van der Waals surface area contributed by atoms with E-state index in [1.807, 2.05) is 37.3 Å². The minimum absolute atomic E-state index is 0.00489. The maximum Gasteiger partial charge on any atom is 0.275 e. The number of aromatic nitrogens is 3. The van der Waals surface area contributed by atoms with E-state index in [1.165, 1.54) is 41.8 Å². The second kappa shape index (κ2) is 8.85. The molecule has 0 spiro atoms. The van der Waals surface area contributed by atoms with Crippen molar-refractivity contribution in [2.45, 2.75) is 18.7 Å². The van der Waals surface area contributed by atoms with Crippen molar-refractivity contribution < 1.29 is 13.2 Å². The number of hydrogen-bond donors (Lipinski definition) is 2. The lowest BCUT2D eigenvalue weighted by Gasteiger charge is -2.09. The highest BCUT2D eigenvalue weighted by Gasteiger charge is 2.19. The summed E-state index contributed by atoms with van der Waals surface area (Å²) in [6.07, 6.45) is 1.47. The van der Waals surface area contributed by atoms with E-state index in [0.29, 0.717) is 17.1 Å². The van der Waals surface area contributed by atoms with Crippen LogP contribution < -0.4 is 10.0 Å². The maximum atomic E-state index is 12.9. The highest BCUT2D eigenvalue weighted by molar-refractivity contribution is 7.92. The van der Waals surface area contributed by atoms with E-state index in [9.17, 15) is 13.2 Å². The molecule has 0 aliphatic heterocycles. The number of sulfonamides is 1. The van der Waals surface area contributed by atoms with Gasteiger partial charge in [0.1, 0.15) is 5.69 Å². The number of carbonyl (C=O) groups is 1. The largest absolute Gasteiger partial charge is 0.321 e. The number of hydrogen-bond acceptors (Lipinski definition) is 7. The van der Waals surface area contributed by atoms with Crippen LogP contribution in [0.1, 0.15) is 21.2 Å². The quantitative estimate of drug-likeness (QED) is 0.440. The van der Waals surface area contributed by atoms with Gasteiger partial charge in [0.2, 0.25) is 5.95 Å². The van der Waals surface area contributed by atoms with Gasteiger partial charge in [0, 0.05) is 17.6 Å². The average Bonchev–Trinajstić information content (AvgIpc) is 3.16. The summed E-state index contributed by atoms with van der Waals surface area (Å²) in [6, 6.07) is 17.1. The minimum Gasteiger partial charge on any atom is -0.321 e. The number of amides is 1. The van der Waals surface area contributed by atoms with Crippen molar-refractivity contribution in [2.24, 2.45) is 0 Å². The molecule has 0 aliphatic carbocycles. The van der Waals surface area contributed by atoms with Crippen LogP contribution >= 0.6 is 11.3 Å². The van der Waals surface area contributed by atoms with E-state index in [1.54, 1.807) is 13.0 Å². The molecule has 4 rings (SSSR count). The molecule has 2 N–H and O–H groups in total. The molecule has 8 nitrogen and oxygen atoms in total. The Morgan fingerprint density at radius 1 is 0.938 bits per heavy atom. The van der Waals surface area contributed by atoms with Crippen LogP contribution in [0.25, 0.3) is 10.4 Å². The predicted molar refractivity (Wildman–Crippen MR) is 124 cm³/mol. The van der Waals surface area contributed by atoms with Crippen LogP contribution in [-0.2, 0) is 10.0 Å². The summed E-state index contributed by atoms with van der Waals surface area (Å²) in [7, 11) is -3.87. The molecular weight excluding hydrogens is 446 g/mol. The summed E-state index contributed by atoms with van der Waals surface area (Å²) in [6.45, 7) is 3.59. The Kier molecular flexibility index (Phi) is 5.97. The molecule has 2 aromatic carbocycles. The zero-order valence-electron chi connectivity index (χ0n) is 17.2. The van der Waals surface area contributed by atoms with Gasteiger partial charge in [0.15, 0.2) is 0 Å². The number of aryl methyl sites for hydroxylation is 2. The summed E-state index contributed by atoms with van der Waals surface area (Å²) in [5.74, 6) is -0.371. The fourth-order valence-corrected chi connectivity index (χ4v) is 4.82. The molecule has 0 radical (unpaired) electrons. The summed E-state index contributed by atoms with van der Waals surface area (Å²) in [5, 5.41) is 3.56.